The van der Waals surface area contributed by atoms with E-state index in [4.69, 9.17) is 4.74 Å². The van der Waals surface area contributed by atoms with E-state index in [1.165, 1.54) is 19.1 Å². The Labute approximate surface area is 154 Å². The van der Waals surface area contributed by atoms with Crippen LogP contribution < -0.4 is 10.1 Å². The van der Waals surface area contributed by atoms with Gasteiger partial charge in [0.1, 0.15) is 12.4 Å². The highest BCUT2D eigenvalue weighted by Gasteiger charge is 2.31. The Hall–Kier alpha value is -2.96. The molecule has 0 saturated heterocycles. The van der Waals surface area contributed by atoms with Crippen molar-refractivity contribution < 1.29 is 27.4 Å². The van der Waals surface area contributed by atoms with Crippen LogP contribution in [0.1, 0.15) is 23.6 Å². The zero-order chi connectivity index (χ0) is 19.6. The molecule has 0 spiro atoms. The molecule has 142 valence electrons. The van der Waals surface area contributed by atoms with E-state index in [1.807, 2.05) is 25.1 Å². The number of fused-ring (bicyclic) bond motifs is 1. The van der Waals surface area contributed by atoms with Gasteiger partial charge in [0.15, 0.2) is 0 Å². The molecule has 1 aliphatic rings. The normalized spacial score (nSPS) is 12.9. The zero-order valence-corrected chi connectivity index (χ0v) is 14.8. The highest BCUT2D eigenvalue weighted by Crippen LogP contribution is 2.38. The minimum Gasteiger partial charge on any atom is -0.461 e. The fourth-order valence-corrected chi connectivity index (χ4v) is 3.03. The van der Waals surface area contributed by atoms with Crippen LogP contribution in [0.5, 0.6) is 5.75 Å². The molecule has 0 atom stereocenters. The summed E-state index contributed by atoms with van der Waals surface area (Å²) < 4.78 is 46.1. The first-order valence-corrected chi connectivity index (χ1v) is 8.31. The van der Waals surface area contributed by atoms with E-state index in [0.717, 1.165) is 33.5 Å². The van der Waals surface area contributed by atoms with Crippen LogP contribution >= 0.6 is 0 Å². The van der Waals surface area contributed by atoms with Crippen molar-refractivity contribution in [1.29, 1.82) is 0 Å². The first-order valence-electron chi connectivity index (χ1n) is 8.31. The fourth-order valence-electron chi connectivity index (χ4n) is 3.03. The fraction of sp³-hybridized carbons (Fsp3) is 0.250. The Morgan fingerprint density at radius 2 is 1.93 bits per heavy atom. The van der Waals surface area contributed by atoms with Crippen LogP contribution in [0.25, 0.3) is 17.2 Å². The molecular weight excluding hydrogens is 359 g/mol. The number of nitrogens with one attached hydrogen (secondary N) is 1. The molecule has 0 unspecified atom stereocenters. The monoisotopic (exact) mass is 377 g/mol. The second-order valence-corrected chi connectivity index (χ2v) is 6.14. The van der Waals surface area contributed by atoms with Crippen LogP contribution in [0.2, 0.25) is 0 Å². The van der Waals surface area contributed by atoms with E-state index >= 15 is 0 Å². The van der Waals surface area contributed by atoms with Crippen molar-refractivity contribution >= 4 is 17.7 Å². The number of hydrogen-bond acceptors (Lipinski definition) is 4. The first kappa shape index (κ1) is 18.8. The van der Waals surface area contributed by atoms with E-state index in [9.17, 15) is 18.0 Å². The maximum Gasteiger partial charge on any atom is 0.573 e. The summed E-state index contributed by atoms with van der Waals surface area (Å²) in [4.78, 5) is 11.2. The molecule has 2 aromatic carbocycles. The second-order valence-electron chi connectivity index (χ2n) is 6.14. The SMILES string of the molecule is CC(=O)OCc1c(C)cc(-c2ccc(OC(F)(F)F)cc2)c2c1C=CCN2. The third kappa shape index (κ3) is 4.42. The summed E-state index contributed by atoms with van der Waals surface area (Å²) >= 11 is 0. The van der Waals surface area contributed by atoms with E-state index in [0.29, 0.717) is 6.54 Å². The van der Waals surface area contributed by atoms with Crippen LogP contribution in [0, 0.1) is 6.92 Å². The summed E-state index contributed by atoms with van der Waals surface area (Å²) in [5.41, 5.74) is 5.20. The maximum atomic E-state index is 12.3. The number of aryl methyl sites for hydroxylation is 1. The highest BCUT2D eigenvalue weighted by molar-refractivity contribution is 5.88. The molecule has 3 rings (SSSR count). The number of rotatable bonds is 4. The zero-order valence-electron chi connectivity index (χ0n) is 14.8. The molecule has 0 radical (unpaired) electrons. The molecule has 2 aromatic rings. The smallest absolute Gasteiger partial charge is 0.461 e. The van der Waals surface area contributed by atoms with Crippen LogP contribution in [-0.2, 0) is 16.1 Å². The molecule has 0 bridgehead atoms. The number of benzene rings is 2. The van der Waals surface area contributed by atoms with Gasteiger partial charge in [0.05, 0.1) is 0 Å². The Kier molecular flexibility index (Phi) is 5.12. The third-order valence-electron chi connectivity index (χ3n) is 4.20. The lowest BCUT2D eigenvalue weighted by molar-refractivity contribution is -0.274. The molecule has 1 heterocycles. The van der Waals surface area contributed by atoms with Crippen molar-refractivity contribution in [2.75, 3.05) is 11.9 Å². The van der Waals surface area contributed by atoms with Crippen molar-refractivity contribution in [3.8, 4) is 16.9 Å². The average molecular weight is 377 g/mol. The summed E-state index contributed by atoms with van der Waals surface area (Å²) in [5, 5.41) is 3.30. The average Bonchev–Trinajstić information content (AvgIpc) is 2.59. The van der Waals surface area contributed by atoms with Crippen molar-refractivity contribution in [3.05, 3.63) is 53.1 Å². The van der Waals surface area contributed by atoms with Crippen molar-refractivity contribution in [3.63, 3.8) is 0 Å². The van der Waals surface area contributed by atoms with Gasteiger partial charge in [-0.05, 0) is 36.2 Å². The number of alkyl halides is 3. The summed E-state index contributed by atoms with van der Waals surface area (Å²) in [7, 11) is 0. The Morgan fingerprint density at radius 3 is 2.56 bits per heavy atom. The molecular formula is C20H18F3NO3. The summed E-state index contributed by atoms with van der Waals surface area (Å²) in [6.07, 6.45) is -0.798. The summed E-state index contributed by atoms with van der Waals surface area (Å²) in [6.45, 7) is 4.06. The largest absolute Gasteiger partial charge is 0.573 e. The molecule has 4 nitrogen and oxygen atoms in total. The van der Waals surface area contributed by atoms with Gasteiger partial charge in [-0.15, -0.1) is 13.2 Å². The van der Waals surface area contributed by atoms with E-state index in [-0.39, 0.29) is 18.3 Å². The van der Waals surface area contributed by atoms with Crippen LogP contribution in [0.4, 0.5) is 18.9 Å². The van der Waals surface area contributed by atoms with Gasteiger partial charge in [-0.25, -0.2) is 0 Å². The van der Waals surface area contributed by atoms with Gasteiger partial charge in [0.25, 0.3) is 0 Å². The maximum absolute atomic E-state index is 12.3. The van der Waals surface area contributed by atoms with Crippen molar-refractivity contribution in [2.45, 2.75) is 26.8 Å². The standard InChI is InChI=1S/C20H18F3NO3/c1-12-10-17(14-5-7-15(8-6-14)27-20(21,22)23)19-16(4-3-9-24-19)18(12)11-26-13(2)25/h3-8,10,24H,9,11H2,1-2H3. The Balaban J connectivity index is 2.00. The number of carbonyl (C=O) groups excluding carboxylic acids is 1. The number of carbonyl (C=O) groups is 1. The number of anilines is 1. The number of ether oxygens (including phenoxy) is 2. The quantitative estimate of drug-likeness (QED) is 0.757. The van der Waals surface area contributed by atoms with Gasteiger partial charge in [0, 0.05) is 35.8 Å². The van der Waals surface area contributed by atoms with Gasteiger partial charge >= 0.3 is 12.3 Å². The van der Waals surface area contributed by atoms with Gasteiger partial charge in [-0.1, -0.05) is 24.3 Å². The molecule has 27 heavy (non-hydrogen) atoms. The minimum atomic E-state index is -4.72. The first-order chi connectivity index (χ1) is 12.7. The lowest BCUT2D eigenvalue weighted by Crippen LogP contribution is -2.17. The van der Waals surface area contributed by atoms with Crippen molar-refractivity contribution in [2.24, 2.45) is 0 Å². The van der Waals surface area contributed by atoms with Crippen LogP contribution in [-0.4, -0.2) is 18.9 Å². The number of halogens is 3. The molecule has 0 fully saturated rings. The molecule has 0 amide bonds. The lowest BCUT2D eigenvalue weighted by atomic mass is 9.91. The van der Waals surface area contributed by atoms with Crippen LogP contribution in [0.15, 0.2) is 36.4 Å². The predicted molar refractivity (Wildman–Crippen MR) is 96.3 cm³/mol. The molecule has 0 aromatic heterocycles. The number of esters is 1. The Bertz CT molecular complexity index is 887. The Morgan fingerprint density at radius 1 is 1.22 bits per heavy atom. The molecule has 1 aliphatic heterocycles. The van der Waals surface area contributed by atoms with Crippen molar-refractivity contribution in [1.82, 2.24) is 0 Å². The van der Waals surface area contributed by atoms with Gasteiger partial charge in [0.2, 0.25) is 0 Å². The molecule has 7 heteroatoms. The summed E-state index contributed by atoms with van der Waals surface area (Å²) in [5.74, 6) is -0.628. The second kappa shape index (κ2) is 7.34. The predicted octanol–water partition coefficient (Wildman–Crippen LogP) is 5.06. The summed E-state index contributed by atoms with van der Waals surface area (Å²) in [6, 6.07) is 7.68. The molecule has 0 saturated carbocycles. The lowest BCUT2D eigenvalue weighted by Gasteiger charge is -2.23. The molecule has 0 aliphatic carbocycles. The number of hydrogen-bond donors (Lipinski definition) is 1. The van der Waals surface area contributed by atoms with Crippen LogP contribution in [0.3, 0.4) is 0 Å². The highest BCUT2D eigenvalue weighted by atomic mass is 19.4. The van der Waals surface area contributed by atoms with Gasteiger partial charge in [-0.3, -0.25) is 4.79 Å². The van der Waals surface area contributed by atoms with Gasteiger partial charge < -0.3 is 14.8 Å². The van der Waals surface area contributed by atoms with Gasteiger partial charge in [-0.2, -0.15) is 0 Å². The van der Waals surface area contributed by atoms with E-state index in [2.05, 4.69) is 10.1 Å². The molecule has 1 N–H and O–H groups in total. The minimum absolute atomic E-state index is 0.161. The topological polar surface area (TPSA) is 47.6 Å². The third-order valence-corrected chi connectivity index (χ3v) is 4.20. The van der Waals surface area contributed by atoms with E-state index < -0.39 is 6.36 Å². The van der Waals surface area contributed by atoms with E-state index in [1.54, 1.807) is 12.1 Å².